The smallest absolute Gasteiger partial charge is 0.424 e. The van der Waals surface area contributed by atoms with Gasteiger partial charge in [0.25, 0.3) is 11.8 Å². The van der Waals surface area contributed by atoms with Gasteiger partial charge in [-0.2, -0.15) is 4.90 Å². The van der Waals surface area contributed by atoms with Crippen LogP contribution in [0.2, 0.25) is 5.02 Å². The molecule has 3 amide bonds. The molecular weight excluding hydrogens is 486 g/mol. The lowest BCUT2D eigenvalue weighted by Gasteiger charge is -2.15. The highest BCUT2D eigenvalue weighted by Gasteiger charge is 2.40. The number of carbonyl (C=O) groups is 5. The Balaban J connectivity index is 1.33. The minimum absolute atomic E-state index is 0.0931. The van der Waals surface area contributed by atoms with Crippen LogP contribution in [0.5, 0.6) is 0 Å². The monoisotopic (exact) mass is 505 g/mol. The fraction of sp³-hybridized carbons (Fsp3) is 0.148. The quantitative estimate of drug-likeness (QED) is 0.334. The molecule has 0 aliphatic carbocycles. The van der Waals surface area contributed by atoms with Crippen LogP contribution in [0.15, 0.2) is 72.8 Å². The Morgan fingerprint density at radius 3 is 1.89 bits per heavy atom. The number of ketones is 1. The molecule has 0 saturated heterocycles. The molecule has 1 aliphatic heterocycles. The maximum atomic E-state index is 12.7. The summed E-state index contributed by atoms with van der Waals surface area (Å²) in [6.07, 6.45) is -1.66. The van der Waals surface area contributed by atoms with Crippen molar-refractivity contribution in [1.29, 1.82) is 0 Å². The lowest BCUT2D eigenvalue weighted by molar-refractivity contribution is -0.142. The van der Waals surface area contributed by atoms with Gasteiger partial charge < -0.3 is 9.84 Å². The summed E-state index contributed by atoms with van der Waals surface area (Å²) in [6.45, 7) is -0.383. The van der Waals surface area contributed by atoms with Crippen molar-refractivity contribution >= 4 is 41.3 Å². The van der Waals surface area contributed by atoms with E-state index in [4.69, 9.17) is 16.3 Å². The standard InChI is InChI=1S/C27H20ClNO7/c28-20-11-9-17(10-12-20)16-5-7-18(8-6-16)23(30)15-19(26(33)34)13-14-36-27(35)29-24(31)21-3-1-2-4-22(21)25(29)32/h1-12,19H,13-15H2,(H,33,34). The lowest BCUT2D eigenvalue weighted by atomic mass is 9.94. The summed E-state index contributed by atoms with van der Waals surface area (Å²) < 4.78 is 5.00. The van der Waals surface area contributed by atoms with Crippen LogP contribution < -0.4 is 0 Å². The van der Waals surface area contributed by atoms with Gasteiger partial charge in [-0.25, -0.2) is 4.79 Å². The molecule has 3 aromatic carbocycles. The summed E-state index contributed by atoms with van der Waals surface area (Å²) in [6, 6.07) is 20.0. The van der Waals surface area contributed by atoms with E-state index in [0.717, 1.165) is 11.1 Å². The predicted molar refractivity (Wildman–Crippen MR) is 130 cm³/mol. The molecule has 1 heterocycles. The van der Waals surface area contributed by atoms with E-state index in [-0.39, 0.29) is 36.4 Å². The largest absolute Gasteiger partial charge is 0.481 e. The maximum Gasteiger partial charge on any atom is 0.424 e. The van der Waals surface area contributed by atoms with Crippen LogP contribution >= 0.6 is 11.6 Å². The highest BCUT2D eigenvalue weighted by atomic mass is 35.5. The first kappa shape index (κ1) is 24.8. The Labute approximate surface area is 211 Å². The molecule has 1 aliphatic rings. The van der Waals surface area contributed by atoms with Crippen molar-refractivity contribution in [2.45, 2.75) is 12.8 Å². The van der Waals surface area contributed by atoms with Crippen molar-refractivity contribution in [2.75, 3.05) is 6.61 Å². The van der Waals surface area contributed by atoms with E-state index in [9.17, 15) is 29.1 Å². The van der Waals surface area contributed by atoms with Crippen molar-refractivity contribution in [3.05, 3.63) is 94.5 Å². The summed E-state index contributed by atoms with van der Waals surface area (Å²) in [5.41, 5.74) is 2.33. The first-order chi connectivity index (χ1) is 17.3. The normalized spacial score (nSPS) is 13.3. The molecule has 36 heavy (non-hydrogen) atoms. The molecule has 1 atom stereocenters. The molecule has 0 aromatic heterocycles. The number of aliphatic carboxylic acids is 1. The van der Waals surface area contributed by atoms with Crippen LogP contribution in [0, 0.1) is 5.92 Å². The summed E-state index contributed by atoms with van der Waals surface area (Å²) in [5, 5.41) is 10.2. The third-order valence-corrected chi connectivity index (χ3v) is 6.09. The molecule has 8 nitrogen and oxygen atoms in total. The maximum absolute atomic E-state index is 12.7. The number of rotatable bonds is 8. The van der Waals surface area contributed by atoms with E-state index in [1.165, 1.54) is 12.1 Å². The van der Waals surface area contributed by atoms with Crippen LogP contribution in [0.4, 0.5) is 4.79 Å². The zero-order valence-corrected chi connectivity index (χ0v) is 19.6. The SMILES string of the molecule is O=C(CC(CCOC(=O)N1C(=O)c2ccccc2C1=O)C(=O)O)c1ccc(-c2ccc(Cl)cc2)cc1. The topological polar surface area (TPSA) is 118 Å². The third-order valence-electron chi connectivity index (χ3n) is 5.83. The molecule has 1 unspecified atom stereocenters. The summed E-state index contributed by atoms with van der Waals surface area (Å²) in [5.74, 6) is -4.32. The fourth-order valence-corrected chi connectivity index (χ4v) is 3.98. The second kappa shape index (κ2) is 10.5. The minimum atomic E-state index is -1.22. The number of benzene rings is 3. The van der Waals surface area contributed by atoms with Gasteiger partial charge in [0.1, 0.15) is 0 Å². The van der Waals surface area contributed by atoms with Crippen LogP contribution in [0.1, 0.15) is 43.9 Å². The van der Waals surface area contributed by atoms with E-state index in [1.54, 1.807) is 48.5 Å². The number of ether oxygens (including phenoxy) is 1. The van der Waals surface area contributed by atoms with Crippen molar-refractivity contribution < 1.29 is 33.8 Å². The number of amides is 3. The fourth-order valence-electron chi connectivity index (χ4n) is 3.85. The number of carboxylic acid groups (broad SMARTS) is 1. The molecule has 3 aromatic rings. The number of hydrogen-bond donors (Lipinski definition) is 1. The number of hydrogen-bond acceptors (Lipinski definition) is 6. The average molecular weight is 506 g/mol. The predicted octanol–water partition coefficient (Wildman–Crippen LogP) is 5.10. The lowest BCUT2D eigenvalue weighted by Crippen LogP contribution is -2.37. The molecule has 0 spiro atoms. The van der Waals surface area contributed by atoms with E-state index in [0.29, 0.717) is 15.5 Å². The molecule has 1 N–H and O–H groups in total. The minimum Gasteiger partial charge on any atom is -0.481 e. The number of Topliss-reactive ketones (excluding diaryl/α,β-unsaturated/α-hetero) is 1. The van der Waals surface area contributed by atoms with E-state index in [1.807, 2.05) is 12.1 Å². The number of halogens is 1. The van der Waals surface area contributed by atoms with Crippen molar-refractivity contribution in [3.63, 3.8) is 0 Å². The summed E-state index contributed by atoms with van der Waals surface area (Å²) >= 11 is 5.91. The zero-order valence-electron chi connectivity index (χ0n) is 18.8. The van der Waals surface area contributed by atoms with Gasteiger partial charge in [-0.3, -0.25) is 19.2 Å². The Morgan fingerprint density at radius 1 is 0.833 bits per heavy atom. The van der Waals surface area contributed by atoms with Gasteiger partial charge in [0.15, 0.2) is 5.78 Å². The number of fused-ring (bicyclic) bond motifs is 1. The number of nitrogens with zero attached hydrogens (tertiary/aromatic N) is 1. The van der Waals surface area contributed by atoms with Gasteiger partial charge in [0.2, 0.25) is 0 Å². The van der Waals surface area contributed by atoms with E-state index < -0.39 is 29.8 Å². The molecule has 4 rings (SSSR count). The zero-order chi connectivity index (χ0) is 25.8. The highest BCUT2D eigenvalue weighted by Crippen LogP contribution is 2.25. The molecule has 182 valence electrons. The van der Waals surface area contributed by atoms with Crippen LogP contribution in [-0.2, 0) is 9.53 Å². The van der Waals surface area contributed by atoms with E-state index >= 15 is 0 Å². The van der Waals surface area contributed by atoms with Crippen molar-refractivity contribution in [2.24, 2.45) is 5.92 Å². The summed E-state index contributed by atoms with van der Waals surface area (Å²) in [4.78, 5) is 61.8. The summed E-state index contributed by atoms with van der Waals surface area (Å²) in [7, 11) is 0. The van der Waals surface area contributed by atoms with Crippen LogP contribution in [0.25, 0.3) is 11.1 Å². The second-order valence-corrected chi connectivity index (χ2v) is 8.58. The average Bonchev–Trinajstić information content (AvgIpc) is 3.13. The number of imide groups is 3. The molecule has 0 saturated carbocycles. The molecule has 0 fully saturated rings. The van der Waals surface area contributed by atoms with Gasteiger partial charge in [-0.05, 0) is 41.8 Å². The van der Waals surface area contributed by atoms with Gasteiger partial charge in [0.05, 0.1) is 23.7 Å². The van der Waals surface area contributed by atoms with Gasteiger partial charge >= 0.3 is 12.1 Å². The van der Waals surface area contributed by atoms with E-state index in [2.05, 4.69) is 0 Å². The Hall–Kier alpha value is -4.30. The third kappa shape index (κ3) is 5.18. The Bertz CT molecular complexity index is 1310. The first-order valence-electron chi connectivity index (χ1n) is 11.0. The van der Waals surface area contributed by atoms with Crippen molar-refractivity contribution in [1.82, 2.24) is 4.90 Å². The molecular formula is C27H20ClNO7. The molecule has 0 bridgehead atoms. The highest BCUT2D eigenvalue weighted by molar-refractivity contribution is 6.30. The van der Waals surface area contributed by atoms with Crippen molar-refractivity contribution in [3.8, 4) is 11.1 Å². The first-order valence-corrected chi connectivity index (χ1v) is 11.4. The number of carboxylic acids is 1. The number of carbonyl (C=O) groups excluding carboxylic acids is 4. The van der Waals surface area contributed by atoms with Crippen LogP contribution in [0.3, 0.4) is 0 Å². The Kier molecular flexibility index (Phi) is 7.26. The van der Waals surface area contributed by atoms with Gasteiger partial charge in [-0.15, -0.1) is 0 Å². The Morgan fingerprint density at radius 2 is 1.36 bits per heavy atom. The molecule has 9 heteroatoms. The van der Waals surface area contributed by atoms with Gasteiger partial charge in [-0.1, -0.05) is 60.1 Å². The molecule has 0 radical (unpaired) electrons. The van der Waals surface area contributed by atoms with Crippen LogP contribution in [-0.4, -0.2) is 46.3 Å². The second-order valence-electron chi connectivity index (χ2n) is 8.14. The van der Waals surface area contributed by atoms with Gasteiger partial charge in [0, 0.05) is 17.0 Å².